The molecule has 9 aromatic carbocycles. The molecular weight excluding hydrogens is 651 g/mol. The van der Waals surface area contributed by atoms with Crippen molar-refractivity contribution in [1.82, 2.24) is 0 Å². The molecule has 0 aliphatic heterocycles. The summed E-state index contributed by atoms with van der Waals surface area (Å²) >= 11 is 0. The number of hydrogen-bond acceptors (Lipinski definition) is 1. The fourth-order valence-corrected chi connectivity index (χ4v) is 8.65. The first-order chi connectivity index (χ1) is 26.5. The summed E-state index contributed by atoms with van der Waals surface area (Å²) in [6.45, 7) is 4.71. The third-order valence-electron chi connectivity index (χ3n) is 11.5. The van der Waals surface area contributed by atoms with E-state index in [1.165, 1.54) is 77.2 Å². The van der Waals surface area contributed by atoms with Crippen LogP contribution in [0.1, 0.15) is 25.0 Å². The second-order valence-electron chi connectivity index (χ2n) is 15.0. The molecule has 1 heteroatoms. The van der Waals surface area contributed by atoms with E-state index < -0.39 is 0 Å². The molecule has 54 heavy (non-hydrogen) atoms. The zero-order valence-corrected chi connectivity index (χ0v) is 30.5. The fourth-order valence-electron chi connectivity index (χ4n) is 8.65. The van der Waals surface area contributed by atoms with Gasteiger partial charge in [-0.25, -0.2) is 0 Å². The van der Waals surface area contributed by atoms with Crippen molar-refractivity contribution in [2.24, 2.45) is 0 Å². The predicted octanol–water partition coefficient (Wildman–Crippen LogP) is 14.8. The lowest BCUT2D eigenvalue weighted by Crippen LogP contribution is -2.16. The summed E-state index contributed by atoms with van der Waals surface area (Å²) in [7, 11) is 0. The summed E-state index contributed by atoms with van der Waals surface area (Å²) in [5.74, 6) is 0. The predicted molar refractivity (Wildman–Crippen MR) is 230 cm³/mol. The van der Waals surface area contributed by atoms with E-state index in [1.54, 1.807) is 0 Å². The van der Waals surface area contributed by atoms with E-state index in [-0.39, 0.29) is 5.41 Å². The fraction of sp³-hybridized carbons (Fsp3) is 0.0566. The van der Waals surface area contributed by atoms with Crippen molar-refractivity contribution < 1.29 is 0 Å². The topological polar surface area (TPSA) is 3.24 Å². The minimum atomic E-state index is -0.0929. The molecular formula is C53H39N. The van der Waals surface area contributed by atoms with Crippen LogP contribution in [-0.4, -0.2) is 0 Å². The lowest BCUT2D eigenvalue weighted by molar-refractivity contribution is 0.660. The highest BCUT2D eigenvalue weighted by Gasteiger charge is 2.35. The Balaban J connectivity index is 1.06. The summed E-state index contributed by atoms with van der Waals surface area (Å²) < 4.78 is 0. The molecule has 10 rings (SSSR count). The maximum Gasteiger partial charge on any atom is 0.0465 e. The van der Waals surface area contributed by atoms with Gasteiger partial charge >= 0.3 is 0 Å². The average molecular weight is 690 g/mol. The standard InChI is InChI=1S/C53H39N/c1-53(2)51-19-11-10-18-48(51)49-33-32-44(35-52(49)53)54(42-28-24-39(25-29-42)38-22-20-37(21-23-38)36-12-4-3-5-13-36)43-30-26-40(27-31-43)50-34-41-14-6-7-15-45(41)46-16-8-9-17-47(46)50/h3-35H,1-2H3. The van der Waals surface area contributed by atoms with E-state index in [2.05, 4.69) is 219 Å². The molecule has 0 radical (unpaired) electrons. The molecule has 0 saturated carbocycles. The van der Waals surface area contributed by atoms with Crippen LogP contribution in [-0.2, 0) is 5.41 Å². The van der Waals surface area contributed by atoms with Gasteiger partial charge in [-0.1, -0.05) is 172 Å². The number of nitrogens with zero attached hydrogens (tertiary/aromatic N) is 1. The van der Waals surface area contributed by atoms with Crippen LogP contribution in [0, 0.1) is 0 Å². The van der Waals surface area contributed by atoms with Crippen molar-refractivity contribution in [3.63, 3.8) is 0 Å². The summed E-state index contributed by atoms with van der Waals surface area (Å²) in [4.78, 5) is 2.41. The molecule has 0 bridgehead atoms. The van der Waals surface area contributed by atoms with Gasteiger partial charge in [0.15, 0.2) is 0 Å². The molecule has 0 atom stereocenters. The number of hydrogen-bond donors (Lipinski definition) is 0. The van der Waals surface area contributed by atoms with Crippen LogP contribution >= 0.6 is 0 Å². The van der Waals surface area contributed by atoms with Crippen LogP contribution in [0.25, 0.3) is 66.1 Å². The largest absolute Gasteiger partial charge is 0.310 e. The van der Waals surface area contributed by atoms with Gasteiger partial charge in [-0.2, -0.15) is 0 Å². The van der Waals surface area contributed by atoms with Crippen molar-refractivity contribution >= 4 is 38.6 Å². The molecule has 1 nitrogen and oxygen atoms in total. The Labute approximate surface area is 317 Å². The first-order valence-corrected chi connectivity index (χ1v) is 18.8. The van der Waals surface area contributed by atoms with Crippen molar-refractivity contribution in [3.8, 4) is 44.5 Å². The molecule has 9 aromatic rings. The van der Waals surface area contributed by atoms with E-state index in [1.807, 2.05) is 0 Å². The molecule has 0 aromatic heterocycles. The Bertz CT molecular complexity index is 2810. The lowest BCUT2D eigenvalue weighted by Gasteiger charge is -2.28. The molecule has 0 unspecified atom stereocenters. The molecule has 1 aliphatic carbocycles. The van der Waals surface area contributed by atoms with Crippen molar-refractivity contribution in [2.75, 3.05) is 4.90 Å². The van der Waals surface area contributed by atoms with Gasteiger partial charge < -0.3 is 4.90 Å². The maximum atomic E-state index is 2.41. The zero-order valence-electron chi connectivity index (χ0n) is 30.5. The monoisotopic (exact) mass is 689 g/mol. The number of benzene rings is 9. The van der Waals surface area contributed by atoms with Crippen LogP contribution in [0.15, 0.2) is 200 Å². The number of anilines is 3. The van der Waals surface area contributed by atoms with E-state index in [0.717, 1.165) is 17.1 Å². The van der Waals surface area contributed by atoms with Crippen molar-refractivity contribution in [3.05, 3.63) is 211 Å². The smallest absolute Gasteiger partial charge is 0.0465 e. The molecule has 0 fully saturated rings. The van der Waals surface area contributed by atoms with E-state index >= 15 is 0 Å². The van der Waals surface area contributed by atoms with E-state index in [4.69, 9.17) is 0 Å². The van der Waals surface area contributed by atoms with Crippen LogP contribution in [0.5, 0.6) is 0 Å². The molecule has 1 aliphatic rings. The first-order valence-electron chi connectivity index (χ1n) is 18.8. The zero-order chi connectivity index (χ0) is 36.2. The highest BCUT2D eigenvalue weighted by Crippen LogP contribution is 2.50. The number of fused-ring (bicyclic) bond motifs is 6. The molecule has 0 heterocycles. The van der Waals surface area contributed by atoms with Gasteiger partial charge in [-0.15, -0.1) is 0 Å². The summed E-state index contributed by atoms with van der Waals surface area (Å²) in [6.07, 6.45) is 0. The molecule has 0 N–H and O–H groups in total. The Hall–Kier alpha value is -6.70. The highest BCUT2D eigenvalue weighted by molar-refractivity contribution is 6.13. The summed E-state index contributed by atoms with van der Waals surface area (Å²) in [6, 6.07) is 73.3. The second-order valence-corrected chi connectivity index (χ2v) is 15.0. The molecule has 256 valence electrons. The quantitative estimate of drug-likeness (QED) is 0.157. The highest BCUT2D eigenvalue weighted by atomic mass is 15.1. The summed E-state index contributed by atoms with van der Waals surface area (Å²) in [5.41, 5.74) is 16.0. The Morgan fingerprint density at radius 2 is 0.796 bits per heavy atom. The maximum absolute atomic E-state index is 2.41. The van der Waals surface area contributed by atoms with Crippen LogP contribution in [0.4, 0.5) is 17.1 Å². The van der Waals surface area contributed by atoms with Gasteiger partial charge in [0, 0.05) is 22.5 Å². The van der Waals surface area contributed by atoms with Gasteiger partial charge in [0.05, 0.1) is 0 Å². The number of rotatable bonds is 6. The third-order valence-corrected chi connectivity index (χ3v) is 11.5. The Morgan fingerprint density at radius 3 is 1.48 bits per heavy atom. The van der Waals surface area contributed by atoms with Crippen LogP contribution in [0.3, 0.4) is 0 Å². The van der Waals surface area contributed by atoms with Crippen LogP contribution in [0.2, 0.25) is 0 Å². The SMILES string of the molecule is CC1(C)c2ccccc2-c2ccc(N(c3ccc(-c4ccc(-c5ccccc5)cc4)cc3)c3ccc(-c4cc5ccccc5c5ccccc45)cc3)cc21. The van der Waals surface area contributed by atoms with Gasteiger partial charge in [0.1, 0.15) is 0 Å². The lowest BCUT2D eigenvalue weighted by atomic mass is 9.82. The average Bonchev–Trinajstić information content (AvgIpc) is 3.47. The van der Waals surface area contributed by atoms with Crippen molar-refractivity contribution in [1.29, 1.82) is 0 Å². The van der Waals surface area contributed by atoms with Crippen molar-refractivity contribution in [2.45, 2.75) is 19.3 Å². The Morgan fingerprint density at radius 1 is 0.315 bits per heavy atom. The molecule has 0 amide bonds. The van der Waals surface area contributed by atoms with Gasteiger partial charge in [-0.3, -0.25) is 0 Å². The van der Waals surface area contributed by atoms with Gasteiger partial charge in [0.2, 0.25) is 0 Å². The summed E-state index contributed by atoms with van der Waals surface area (Å²) in [5, 5.41) is 5.10. The normalized spacial score (nSPS) is 12.8. The third kappa shape index (κ3) is 5.32. The van der Waals surface area contributed by atoms with E-state index in [9.17, 15) is 0 Å². The Kier molecular flexibility index (Phi) is 7.56. The molecule has 0 spiro atoms. The van der Waals surface area contributed by atoms with Gasteiger partial charge in [0.25, 0.3) is 0 Å². The first kappa shape index (κ1) is 32.0. The second kappa shape index (κ2) is 12.8. The minimum Gasteiger partial charge on any atom is -0.310 e. The van der Waals surface area contributed by atoms with E-state index in [0.29, 0.717) is 0 Å². The minimum absolute atomic E-state index is 0.0929. The molecule has 0 saturated heterocycles. The van der Waals surface area contributed by atoms with Crippen LogP contribution < -0.4 is 4.90 Å². The van der Waals surface area contributed by atoms with Gasteiger partial charge in [-0.05, 0) is 120 Å².